The van der Waals surface area contributed by atoms with Gasteiger partial charge in [0.05, 0.1) is 11.5 Å². The van der Waals surface area contributed by atoms with Gasteiger partial charge in [-0.1, -0.05) is 24.3 Å². The molecule has 1 unspecified atom stereocenters. The van der Waals surface area contributed by atoms with Crippen molar-refractivity contribution in [1.29, 1.82) is 0 Å². The summed E-state index contributed by atoms with van der Waals surface area (Å²) in [6.45, 7) is 4.01. The third kappa shape index (κ3) is 2.94. The second-order valence-electron chi connectivity index (χ2n) is 5.79. The van der Waals surface area contributed by atoms with Crippen LogP contribution >= 0.6 is 0 Å². The molecule has 0 aliphatic carbocycles. The van der Waals surface area contributed by atoms with Crippen LogP contribution in [0.5, 0.6) is 5.75 Å². The Labute approximate surface area is 137 Å². The number of hydrogen-bond donors (Lipinski definition) is 1. The van der Waals surface area contributed by atoms with Gasteiger partial charge in [-0.2, -0.15) is 4.31 Å². The van der Waals surface area contributed by atoms with Crippen molar-refractivity contribution in [3.05, 3.63) is 36.4 Å². The minimum atomic E-state index is -3.52. The highest BCUT2D eigenvalue weighted by atomic mass is 32.2. The minimum Gasteiger partial charge on any atom is -0.493 e. The van der Waals surface area contributed by atoms with Crippen molar-refractivity contribution in [2.75, 3.05) is 26.2 Å². The van der Waals surface area contributed by atoms with Crippen LogP contribution in [0, 0.1) is 5.92 Å². The predicted molar refractivity (Wildman–Crippen MR) is 91.0 cm³/mol. The van der Waals surface area contributed by atoms with E-state index in [0.29, 0.717) is 42.3 Å². The van der Waals surface area contributed by atoms with Crippen molar-refractivity contribution < 1.29 is 13.2 Å². The van der Waals surface area contributed by atoms with E-state index in [9.17, 15) is 8.42 Å². The summed E-state index contributed by atoms with van der Waals surface area (Å²) in [5, 5.41) is 1.53. The largest absolute Gasteiger partial charge is 0.493 e. The molecule has 124 valence electrons. The fourth-order valence-electron chi connectivity index (χ4n) is 3.10. The Balaban J connectivity index is 2.08. The zero-order valence-corrected chi connectivity index (χ0v) is 14.1. The number of benzene rings is 2. The van der Waals surface area contributed by atoms with Crippen molar-refractivity contribution in [2.45, 2.75) is 18.2 Å². The Bertz CT molecular complexity index is 805. The van der Waals surface area contributed by atoms with Crippen LogP contribution < -0.4 is 10.5 Å². The third-order valence-corrected chi connectivity index (χ3v) is 6.27. The van der Waals surface area contributed by atoms with Crippen molar-refractivity contribution in [3.8, 4) is 5.75 Å². The molecule has 1 aliphatic rings. The molecule has 0 radical (unpaired) electrons. The lowest BCUT2D eigenvalue weighted by molar-refractivity contribution is 0.344. The van der Waals surface area contributed by atoms with E-state index in [1.165, 1.54) is 0 Å². The number of nitrogens with zero attached hydrogens (tertiary/aromatic N) is 1. The molecule has 1 aliphatic heterocycles. The first kappa shape index (κ1) is 16.2. The van der Waals surface area contributed by atoms with E-state index in [2.05, 4.69) is 0 Å². The second-order valence-corrected chi connectivity index (χ2v) is 7.70. The highest BCUT2D eigenvalue weighted by Crippen LogP contribution is 2.34. The van der Waals surface area contributed by atoms with Crippen LogP contribution in [0.3, 0.4) is 0 Å². The molecule has 1 atom stereocenters. The normalized spacial score (nSPS) is 19.3. The smallest absolute Gasteiger partial charge is 0.243 e. The molecule has 0 saturated carbocycles. The van der Waals surface area contributed by atoms with E-state index < -0.39 is 10.0 Å². The molecule has 5 nitrogen and oxygen atoms in total. The number of nitrogens with two attached hydrogens (primary N) is 1. The summed E-state index contributed by atoms with van der Waals surface area (Å²) < 4.78 is 33.2. The summed E-state index contributed by atoms with van der Waals surface area (Å²) in [5.74, 6) is 0.960. The third-order valence-electron chi connectivity index (χ3n) is 4.34. The summed E-state index contributed by atoms with van der Waals surface area (Å²) in [4.78, 5) is 0.342. The fourth-order valence-corrected chi connectivity index (χ4v) is 4.82. The molecule has 2 aromatic carbocycles. The van der Waals surface area contributed by atoms with Gasteiger partial charge in [-0.3, -0.25) is 0 Å². The average Bonchev–Trinajstić information content (AvgIpc) is 3.05. The summed E-state index contributed by atoms with van der Waals surface area (Å²) in [5.41, 5.74) is 5.68. The molecule has 0 aromatic heterocycles. The van der Waals surface area contributed by atoms with Crippen LogP contribution in [0.15, 0.2) is 41.3 Å². The molecule has 1 heterocycles. The van der Waals surface area contributed by atoms with E-state index in [1.54, 1.807) is 16.4 Å². The maximum atomic E-state index is 13.0. The lowest BCUT2D eigenvalue weighted by Gasteiger charge is -2.19. The van der Waals surface area contributed by atoms with Gasteiger partial charge in [-0.15, -0.1) is 0 Å². The number of fused-ring (bicyclic) bond motifs is 1. The van der Waals surface area contributed by atoms with Crippen LogP contribution in [0.25, 0.3) is 10.8 Å². The zero-order chi connectivity index (χ0) is 16.4. The molecule has 2 aromatic rings. The Morgan fingerprint density at radius 2 is 1.96 bits per heavy atom. The quantitative estimate of drug-likeness (QED) is 0.910. The molecular weight excluding hydrogens is 312 g/mol. The van der Waals surface area contributed by atoms with E-state index >= 15 is 0 Å². The fraction of sp³-hybridized carbons (Fsp3) is 0.412. The number of ether oxygens (including phenoxy) is 1. The minimum absolute atomic E-state index is 0.249. The lowest BCUT2D eigenvalue weighted by Crippen LogP contribution is -2.30. The summed E-state index contributed by atoms with van der Waals surface area (Å²) in [7, 11) is -3.52. The SMILES string of the molecule is CCOc1ccc(S(=O)(=O)N2CCC(CN)C2)c2ccccc12. The van der Waals surface area contributed by atoms with Crippen LogP contribution in [-0.4, -0.2) is 39.0 Å². The monoisotopic (exact) mass is 334 g/mol. The lowest BCUT2D eigenvalue weighted by atomic mass is 10.1. The first-order valence-corrected chi connectivity index (χ1v) is 9.36. The standard InChI is InChI=1S/C17H22N2O3S/c1-2-22-16-7-8-17(15-6-4-3-5-14(15)16)23(20,21)19-10-9-13(11-18)12-19/h3-8,13H,2,9-12,18H2,1H3. The molecule has 6 heteroatoms. The highest BCUT2D eigenvalue weighted by Gasteiger charge is 2.33. The first-order chi connectivity index (χ1) is 11.1. The maximum absolute atomic E-state index is 13.0. The van der Waals surface area contributed by atoms with Crippen LogP contribution in [0.1, 0.15) is 13.3 Å². The maximum Gasteiger partial charge on any atom is 0.243 e. The summed E-state index contributed by atoms with van der Waals surface area (Å²) in [6.07, 6.45) is 0.824. The molecular formula is C17H22N2O3S. The zero-order valence-electron chi connectivity index (χ0n) is 13.2. The van der Waals surface area contributed by atoms with Crippen LogP contribution in [0.2, 0.25) is 0 Å². The van der Waals surface area contributed by atoms with Crippen LogP contribution in [-0.2, 0) is 10.0 Å². The van der Waals surface area contributed by atoms with E-state index in [4.69, 9.17) is 10.5 Å². The van der Waals surface area contributed by atoms with Gasteiger partial charge in [-0.05, 0) is 37.9 Å². The predicted octanol–water partition coefficient (Wildman–Crippen LogP) is 2.21. The Hall–Kier alpha value is -1.63. The molecule has 0 spiro atoms. The molecule has 3 rings (SSSR count). The summed E-state index contributed by atoms with van der Waals surface area (Å²) in [6, 6.07) is 10.9. The first-order valence-electron chi connectivity index (χ1n) is 7.92. The van der Waals surface area contributed by atoms with Gasteiger partial charge in [-0.25, -0.2) is 8.42 Å². The van der Waals surface area contributed by atoms with Crippen molar-refractivity contribution in [3.63, 3.8) is 0 Å². The van der Waals surface area contributed by atoms with Gasteiger partial charge >= 0.3 is 0 Å². The number of hydrogen-bond acceptors (Lipinski definition) is 4. The van der Waals surface area contributed by atoms with Gasteiger partial charge in [0, 0.05) is 23.9 Å². The van der Waals surface area contributed by atoms with Crippen molar-refractivity contribution in [1.82, 2.24) is 4.31 Å². The molecule has 0 bridgehead atoms. The second kappa shape index (κ2) is 6.47. The molecule has 23 heavy (non-hydrogen) atoms. The Kier molecular flexibility index (Phi) is 4.57. The number of rotatable bonds is 5. The summed E-state index contributed by atoms with van der Waals surface area (Å²) >= 11 is 0. The van der Waals surface area contributed by atoms with Gasteiger partial charge in [0.25, 0.3) is 0 Å². The van der Waals surface area contributed by atoms with E-state index in [0.717, 1.165) is 11.8 Å². The van der Waals surface area contributed by atoms with Crippen molar-refractivity contribution >= 4 is 20.8 Å². The van der Waals surface area contributed by atoms with E-state index in [-0.39, 0.29) is 5.92 Å². The Morgan fingerprint density at radius 1 is 1.22 bits per heavy atom. The highest BCUT2D eigenvalue weighted by molar-refractivity contribution is 7.89. The topological polar surface area (TPSA) is 72.6 Å². The van der Waals surface area contributed by atoms with E-state index in [1.807, 2.05) is 31.2 Å². The van der Waals surface area contributed by atoms with Gasteiger partial charge in [0.2, 0.25) is 10.0 Å². The molecule has 0 amide bonds. The number of sulfonamides is 1. The Morgan fingerprint density at radius 3 is 2.61 bits per heavy atom. The molecule has 2 N–H and O–H groups in total. The van der Waals surface area contributed by atoms with Crippen molar-refractivity contribution in [2.24, 2.45) is 11.7 Å². The molecule has 1 saturated heterocycles. The molecule has 1 fully saturated rings. The van der Waals surface area contributed by atoms with Gasteiger partial charge in [0.1, 0.15) is 5.75 Å². The average molecular weight is 334 g/mol. The van der Waals surface area contributed by atoms with Gasteiger partial charge < -0.3 is 10.5 Å². The van der Waals surface area contributed by atoms with Crippen LogP contribution in [0.4, 0.5) is 0 Å². The van der Waals surface area contributed by atoms with Gasteiger partial charge in [0.15, 0.2) is 0 Å².